The van der Waals surface area contributed by atoms with E-state index in [1.807, 2.05) is 48.5 Å². The van der Waals surface area contributed by atoms with Gasteiger partial charge in [0, 0.05) is 22.7 Å². The van der Waals surface area contributed by atoms with Gasteiger partial charge in [-0.05, 0) is 66.9 Å². The number of carbonyl (C=O) groups excluding carboxylic acids is 1. The van der Waals surface area contributed by atoms with Crippen molar-refractivity contribution in [1.82, 2.24) is 4.72 Å². The lowest BCUT2D eigenvalue weighted by molar-refractivity contribution is -0.120. The highest BCUT2D eigenvalue weighted by Crippen LogP contribution is 2.30. The third-order valence-electron chi connectivity index (χ3n) is 5.37. The average Bonchev–Trinajstić information content (AvgIpc) is 3.21. The van der Waals surface area contributed by atoms with Crippen molar-refractivity contribution in [3.05, 3.63) is 88.4 Å². The second kappa shape index (κ2) is 9.44. The fourth-order valence-corrected chi connectivity index (χ4v) is 5.32. The molecule has 0 saturated carbocycles. The van der Waals surface area contributed by atoms with Gasteiger partial charge < -0.3 is 9.64 Å². The molecule has 3 aromatic rings. The van der Waals surface area contributed by atoms with Crippen LogP contribution in [0, 0.1) is 0 Å². The van der Waals surface area contributed by atoms with Crippen molar-refractivity contribution < 1.29 is 17.9 Å². The van der Waals surface area contributed by atoms with Gasteiger partial charge in [0.15, 0.2) is 6.61 Å². The number of hydrogen-bond donors (Lipinski definition) is 1. The van der Waals surface area contributed by atoms with Crippen LogP contribution in [0.5, 0.6) is 5.75 Å². The molecule has 8 heteroatoms. The number of nitrogens with one attached hydrogen (secondary N) is 1. The molecule has 166 valence electrons. The molecule has 4 rings (SSSR count). The Morgan fingerprint density at radius 2 is 1.81 bits per heavy atom. The Balaban J connectivity index is 1.36. The third kappa shape index (κ3) is 5.03. The van der Waals surface area contributed by atoms with Gasteiger partial charge in [-0.15, -0.1) is 0 Å². The molecule has 1 aliphatic rings. The topological polar surface area (TPSA) is 75.7 Å². The molecular formula is C24H23BrN2O4S. The monoisotopic (exact) mass is 514 g/mol. The molecule has 6 nitrogen and oxygen atoms in total. The average molecular weight is 515 g/mol. The summed E-state index contributed by atoms with van der Waals surface area (Å²) in [4.78, 5) is 14.5. The van der Waals surface area contributed by atoms with E-state index in [1.54, 1.807) is 24.0 Å². The number of sulfonamides is 1. The minimum absolute atomic E-state index is 0.120. The van der Waals surface area contributed by atoms with Crippen molar-refractivity contribution >= 4 is 37.5 Å². The van der Waals surface area contributed by atoms with Crippen molar-refractivity contribution in [3.8, 4) is 5.75 Å². The fraction of sp³-hybridized carbons (Fsp3) is 0.208. The molecule has 0 aliphatic carbocycles. The van der Waals surface area contributed by atoms with Gasteiger partial charge in [-0.3, -0.25) is 4.79 Å². The van der Waals surface area contributed by atoms with Crippen molar-refractivity contribution in [2.24, 2.45) is 0 Å². The predicted octanol–water partition coefficient (Wildman–Crippen LogP) is 4.46. The molecule has 1 N–H and O–H groups in total. The smallest absolute Gasteiger partial charge is 0.264 e. The Kier molecular flexibility index (Phi) is 6.64. The molecule has 1 aliphatic heterocycles. The van der Waals surface area contributed by atoms with E-state index in [4.69, 9.17) is 4.74 Å². The number of ether oxygens (including phenoxy) is 1. The Labute approximate surface area is 196 Å². The van der Waals surface area contributed by atoms with Crippen LogP contribution in [0.4, 0.5) is 5.69 Å². The summed E-state index contributed by atoms with van der Waals surface area (Å²) < 4.78 is 34.7. The number of anilines is 1. The molecule has 0 aromatic heterocycles. The number of fused-ring (bicyclic) bond motifs is 1. The summed E-state index contributed by atoms with van der Waals surface area (Å²) in [5.41, 5.74) is 2.91. The highest BCUT2D eigenvalue weighted by molar-refractivity contribution is 9.10. The zero-order valence-electron chi connectivity index (χ0n) is 17.5. The lowest BCUT2D eigenvalue weighted by Gasteiger charge is -2.18. The number of rotatable bonds is 7. The fourth-order valence-electron chi connectivity index (χ4n) is 3.68. The van der Waals surface area contributed by atoms with Gasteiger partial charge in [0.2, 0.25) is 10.0 Å². The molecule has 1 heterocycles. The van der Waals surface area contributed by atoms with Crippen molar-refractivity contribution in [2.75, 3.05) is 18.1 Å². The molecule has 0 unspecified atom stereocenters. The van der Waals surface area contributed by atoms with Crippen molar-refractivity contribution in [2.45, 2.75) is 24.3 Å². The van der Waals surface area contributed by atoms with E-state index in [0.717, 1.165) is 27.7 Å². The van der Waals surface area contributed by atoms with Crippen LogP contribution in [0.1, 0.15) is 24.1 Å². The largest absolute Gasteiger partial charge is 0.484 e. The molecule has 0 saturated heterocycles. The maximum absolute atomic E-state index is 12.7. The van der Waals surface area contributed by atoms with E-state index >= 15 is 0 Å². The van der Waals surface area contributed by atoms with Gasteiger partial charge in [-0.1, -0.05) is 46.3 Å². The first-order valence-corrected chi connectivity index (χ1v) is 12.5. The maximum Gasteiger partial charge on any atom is 0.264 e. The highest BCUT2D eigenvalue weighted by Gasteiger charge is 2.25. The Bertz CT molecular complexity index is 1210. The van der Waals surface area contributed by atoms with Gasteiger partial charge >= 0.3 is 0 Å². The van der Waals surface area contributed by atoms with Gasteiger partial charge in [0.05, 0.1) is 4.90 Å². The zero-order chi connectivity index (χ0) is 22.7. The number of benzene rings is 3. The van der Waals surface area contributed by atoms with Crippen LogP contribution in [-0.2, 0) is 21.2 Å². The SMILES string of the molecule is C[C@H](NS(=O)(=O)c1ccc(OCC(=O)N2CCc3cc(Br)ccc32)cc1)c1ccccc1. The lowest BCUT2D eigenvalue weighted by Crippen LogP contribution is -2.33. The first kappa shape index (κ1) is 22.5. The quantitative estimate of drug-likeness (QED) is 0.505. The molecule has 0 fully saturated rings. The van der Waals surface area contributed by atoms with Crippen LogP contribution in [0.15, 0.2) is 82.2 Å². The lowest BCUT2D eigenvalue weighted by atomic mass is 10.1. The van der Waals surface area contributed by atoms with E-state index < -0.39 is 10.0 Å². The molecule has 3 aromatic carbocycles. The van der Waals surface area contributed by atoms with Crippen molar-refractivity contribution in [1.29, 1.82) is 0 Å². The Morgan fingerprint density at radius 1 is 1.09 bits per heavy atom. The van der Waals surface area contributed by atoms with Gasteiger partial charge in [-0.25, -0.2) is 13.1 Å². The predicted molar refractivity (Wildman–Crippen MR) is 127 cm³/mol. The zero-order valence-corrected chi connectivity index (χ0v) is 19.9. The molecule has 0 spiro atoms. The molecule has 0 bridgehead atoms. The molecular weight excluding hydrogens is 492 g/mol. The summed E-state index contributed by atoms with van der Waals surface area (Å²) in [7, 11) is -3.69. The molecule has 1 atom stereocenters. The molecule has 0 radical (unpaired) electrons. The van der Waals surface area contributed by atoms with Crippen molar-refractivity contribution in [3.63, 3.8) is 0 Å². The van der Waals surface area contributed by atoms with E-state index in [9.17, 15) is 13.2 Å². The normalized spacial score (nSPS) is 14.1. The molecule has 32 heavy (non-hydrogen) atoms. The summed E-state index contributed by atoms with van der Waals surface area (Å²) in [5, 5.41) is 0. The summed E-state index contributed by atoms with van der Waals surface area (Å²) in [5.74, 6) is 0.296. The first-order chi connectivity index (χ1) is 15.3. The standard InChI is InChI=1S/C24H23BrN2O4S/c1-17(18-5-3-2-4-6-18)26-32(29,30)22-10-8-21(9-11-22)31-16-24(28)27-14-13-19-15-20(25)7-12-23(19)27/h2-12,15,17,26H,13-14,16H2,1H3/t17-/m0/s1. The Hall–Kier alpha value is -2.68. The van der Waals surface area contributed by atoms with Gasteiger partial charge in [-0.2, -0.15) is 0 Å². The van der Waals surface area contributed by atoms with E-state index in [-0.39, 0.29) is 23.5 Å². The van der Waals surface area contributed by atoms with E-state index in [2.05, 4.69) is 20.7 Å². The summed E-state index contributed by atoms with van der Waals surface area (Å²) in [6, 6.07) is 20.9. The van der Waals surface area contributed by atoms with Crippen LogP contribution in [0.25, 0.3) is 0 Å². The van der Waals surface area contributed by atoms with Crippen LogP contribution in [0.3, 0.4) is 0 Å². The second-order valence-corrected chi connectivity index (χ2v) is 10.2. The van der Waals surface area contributed by atoms with Gasteiger partial charge in [0.1, 0.15) is 5.75 Å². The summed E-state index contributed by atoms with van der Waals surface area (Å²) in [6.45, 7) is 2.30. The highest BCUT2D eigenvalue weighted by atomic mass is 79.9. The number of hydrogen-bond acceptors (Lipinski definition) is 4. The van der Waals surface area contributed by atoms with E-state index in [0.29, 0.717) is 12.3 Å². The van der Waals surface area contributed by atoms with E-state index in [1.165, 1.54) is 12.1 Å². The number of carbonyl (C=O) groups is 1. The first-order valence-electron chi connectivity index (χ1n) is 10.2. The maximum atomic E-state index is 12.7. The van der Waals surface area contributed by atoms with Crippen LogP contribution in [0.2, 0.25) is 0 Å². The van der Waals surface area contributed by atoms with Crippen LogP contribution < -0.4 is 14.4 Å². The molecule has 1 amide bonds. The summed E-state index contributed by atoms with van der Waals surface area (Å²) in [6.07, 6.45) is 0.807. The van der Waals surface area contributed by atoms with Gasteiger partial charge in [0.25, 0.3) is 5.91 Å². The second-order valence-electron chi connectivity index (χ2n) is 7.58. The number of halogens is 1. The number of amides is 1. The number of nitrogens with zero attached hydrogens (tertiary/aromatic N) is 1. The summed E-state index contributed by atoms with van der Waals surface area (Å²) >= 11 is 3.45. The van der Waals surface area contributed by atoms with Crippen LogP contribution in [-0.4, -0.2) is 27.5 Å². The minimum Gasteiger partial charge on any atom is -0.484 e. The minimum atomic E-state index is -3.69. The van der Waals surface area contributed by atoms with Crippen LogP contribution >= 0.6 is 15.9 Å². The third-order valence-corrected chi connectivity index (χ3v) is 7.42. The Morgan fingerprint density at radius 3 is 2.53 bits per heavy atom.